The molecule has 0 radical (unpaired) electrons. The van der Waals surface area contributed by atoms with Crippen LogP contribution >= 0.6 is 23.8 Å². The predicted octanol–water partition coefficient (Wildman–Crippen LogP) is 6.73. The minimum absolute atomic E-state index is 0.0654. The Labute approximate surface area is 248 Å². The molecule has 0 bridgehead atoms. The summed E-state index contributed by atoms with van der Waals surface area (Å²) in [4.78, 5) is 14.7. The number of nitrogens with zero attached hydrogens (tertiary/aromatic N) is 4. The standard InChI is InChI=1S/C32H39ClN6S/c1-23-12-17-38(18-13-23)28-20-29(39-19-14-24-6-2-3-7-25(24)21-39)36-30(35-28)37-31(40)34-22-32(15-4-5-16-32)26-8-10-27(33)11-9-26/h2-3,6-11,20,23H,4-5,12-19,21-22H2,1H3,(H2,34,35,36,37,40). The number of anilines is 3. The fourth-order valence-electron chi connectivity index (χ4n) is 6.55. The summed E-state index contributed by atoms with van der Waals surface area (Å²) < 4.78 is 0. The van der Waals surface area contributed by atoms with Gasteiger partial charge in [0, 0.05) is 49.2 Å². The van der Waals surface area contributed by atoms with Crippen LogP contribution in [0.15, 0.2) is 54.6 Å². The number of piperidine rings is 1. The molecule has 210 valence electrons. The zero-order valence-corrected chi connectivity index (χ0v) is 24.9. The van der Waals surface area contributed by atoms with Crippen molar-refractivity contribution >= 4 is 46.5 Å². The van der Waals surface area contributed by atoms with Crippen LogP contribution in [-0.4, -0.2) is 41.3 Å². The molecule has 2 fully saturated rings. The summed E-state index contributed by atoms with van der Waals surface area (Å²) in [5.74, 6) is 3.26. The van der Waals surface area contributed by atoms with Crippen molar-refractivity contribution in [3.8, 4) is 0 Å². The van der Waals surface area contributed by atoms with E-state index in [0.717, 1.165) is 74.6 Å². The average molecular weight is 575 g/mol. The highest BCUT2D eigenvalue weighted by Crippen LogP contribution is 2.41. The first-order valence-corrected chi connectivity index (χ1v) is 15.5. The molecule has 8 heteroatoms. The molecule has 0 unspecified atom stereocenters. The Hall–Kier alpha value is -2.90. The van der Waals surface area contributed by atoms with Crippen LogP contribution in [0, 0.1) is 5.92 Å². The Morgan fingerprint density at radius 1 is 0.950 bits per heavy atom. The van der Waals surface area contributed by atoms with Crippen LogP contribution in [0.25, 0.3) is 0 Å². The molecule has 1 saturated carbocycles. The van der Waals surface area contributed by atoms with Crippen LogP contribution in [0.5, 0.6) is 0 Å². The number of benzene rings is 2. The van der Waals surface area contributed by atoms with Crippen molar-refractivity contribution < 1.29 is 0 Å². The number of hydrogen-bond acceptors (Lipinski definition) is 5. The summed E-state index contributed by atoms with van der Waals surface area (Å²) in [6.45, 7) is 6.95. The van der Waals surface area contributed by atoms with Crippen LogP contribution in [-0.2, 0) is 18.4 Å². The van der Waals surface area contributed by atoms with E-state index in [0.29, 0.717) is 11.1 Å². The lowest BCUT2D eigenvalue weighted by Crippen LogP contribution is -2.41. The van der Waals surface area contributed by atoms with Gasteiger partial charge in [-0.2, -0.15) is 9.97 Å². The third kappa shape index (κ3) is 6.06. The van der Waals surface area contributed by atoms with Crippen LogP contribution in [0.1, 0.15) is 62.1 Å². The van der Waals surface area contributed by atoms with Crippen molar-refractivity contribution in [2.45, 2.75) is 63.8 Å². The summed E-state index contributed by atoms with van der Waals surface area (Å²) in [7, 11) is 0. The number of rotatable bonds is 6. The van der Waals surface area contributed by atoms with Crippen molar-refractivity contribution in [1.29, 1.82) is 0 Å². The lowest BCUT2D eigenvalue weighted by atomic mass is 9.79. The molecule has 1 aromatic heterocycles. The lowest BCUT2D eigenvalue weighted by Gasteiger charge is -2.34. The molecule has 1 saturated heterocycles. The molecule has 40 heavy (non-hydrogen) atoms. The van der Waals surface area contributed by atoms with Gasteiger partial charge in [-0.1, -0.05) is 67.8 Å². The van der Waals surface area contributed by atoms with Gasteiger partial charge in [0.05, 0.1) is 0 Å². The zero-order chi connectivity index (χ0) is 27.5. The van der Waals surface area contributed by atoms with Crippen LogP contribution in [0.2, 0.25) is 5.02 Å². The largest absolute Gasteiger partial charge is 0.361 e. The fraction of sp³-hybridized carbons (Fsp3) is 0.469. The Morgan fingerprint density at radius 3 is 2.35 bits per heavy atom. The van der Waals surface area contributed by atoms with E-state index in [2.05, 4.69) is 69.8 Å². The van der Waals surface area contributed by atoms with Crippen LogP contribution in [0.3, 0.4) is 0 Å². The second-order valence-corrected chi connectivity index (χ2v) is 12.7. The second-order valence-electron chi connectivity index (χ2n) is 11.8. The number of halogens is 1. The SMILES string of the molecule is CC1CCN(c2cc(N3CCc4ccccc4C3)nc(NC(=S)NCC3(c4ccc(Cl)cc4)CCCC3)n2)CC1. The van der Waals surface area contributed by atoms with Crippen molar-refractivity contribution in [2.75, 3.05) is 41.3 Å². The highest BCUT2D eigenvalue weighted by atomic mass is 35.5. The lowest BCUT2D eigenvalue weighted by molar-refractivity contribution is 0.435. The van der Waals surface area contributed by atoms with Crippen molar-refractivity contribution in [3.63, 3.8) is 0 Å². The predicted molar refractivity (Wildman–Crippen MR) is 170 cm³/mol. The average Bonchev–Trinajstić information content (AvgIpc) is 3.46. The maximum absolute atomic E-state index is 6.18. The van der Waals surface area contributed by atoms with Crippen molar-refractivity contribution in [2.24, 2.45) is 5.92 Å². The van der Waals surface area contributed by atoms with E-state index >= 15 is 0 Å². The topological polar surface area (TPSA) is 56.3 Å². The van der Waals surface area contributed by atoms with Crippen molar-refractivity contribution in [1.82, 2.24) is 15.3 Å². The van der Waals surface area contributed by atoms with E-state index in [1.54, 1.807) is 0 Å². The van der Waals surface area contributed by atoms with Gasteiger partial charge in [-0.25, -0.2) is 0 Å². The smallest absolute Gasteiger partial charge is 0.232 e. The Kier molecular flexibility index (Phi) is 8.12. The maximum Gasteiger partial charge on any atom is 0.232 e. The van der Waals surface area contributed by atoms with Gasteiger partial charge in [0.15, 0.2) is 5.11 Å². The molecule has 6 rings (SSSR count). The summed E-state index contributed by atoms with van der Waals surface area (Å²) in [5, 5.41) is 8.22. The van der Waals surface area contributed by atoms with E-state index in [9.17, 15) is 0 Å². The number of nitrogens with one attached hydrogen (secondary N) is 2. The molecule has 0 amide bonds. The molecule has 0 atom stereocenters. The first-order valence-electron chi connectivity index (χ1n) is 14.7. The van der Waals surface area contributed by atoms with Gasteiger partial charge < -0.3 is 20.4 Å². The molecule has 0 spiro atoms. The second kappa shape index (κ2) is 11.9. The van der Waals surface area contributed by atoms with Crippen LogP contribution in [0.4, 0.5) is 17.6 Å². The van der Waals surface area contributed by atoms with Gasteiger partial charge >= 0.3 is 0 Å². The van der Waals surface area contributed by atoms with E-state index in [-0.39, 0.29) is 5.41 Å². The first kappa shape index (κ1) is 27.3. The summed E-state index contributed by atoms with van der Waals surface area (Å²) >= 11 is 12.0. The quantitative estimate of drug-likeness (QED) is 0.317. The van der Waals surface area contributed by atoms with E-state index < -0.39 is 0 Å². The van der Waals surface area contributed by atoms with E-state index in [1.807, 2.05) is 12.1 Å². The number of fused-ring (bicyclic) bond motifs is 1. The third-order valence-corrected chi connectivity index (χ3v) is 9.59. The Bertz CT molecular complexity index is 1330. The highest BCUT2D eigenvalue weighted by Gasteiger charge is 2.35. The van der Waals surface area contributed by atoms with E-state index in [1.165, 1.54) is 42.4 Å². The van der Waals surface area contributed by atoms with Gasteiger partial charge in [-0.05, 0) is 79.1 Å². The summed E-state index contributed by atoms with van der Waals surface area (Å²) in [5.41, 5.74) is 4.20. The molecule has 6 nitrogen and oxygen atoms in total. The molecule has 1 aliphatic carbocycles. The summed E-state index contributed by atoms with van der Waals surface area (Å²) in [6, 6.07) is 19.2. The normalized spacial score (nSPS) is 18.9. The van der Waals surface area contributed by atoms with Gasteiger partial charge in [0.25, 0.3) is 0 Å². The number of aromatic nitrogens is 2. The summed E-state index contributed by atoms with van der Waals surface area (Å²) in [6.07, 6.45) is 8.14. The van der Waals surface area contributed by atoms with E-state index in [4.69, 9.17) is 33.8 Å². The van der Waals surface area contributed by atoms with Gasteiger partial charge in [-0.15, -0.1) is 0 Å². The Morgan fingerprint density at radius 2 is 1.62 bits per heavy atom. The molecule has 3 heterocycles. The molecular formula is C32H39ClN6S. The third-order valence-electron chi connectivity index (χ3n) is 9.09. The van der Waals surface area contributed by atoms with Gasteiger partial charge in [-0.3, -0.25) is 0 Å². The van der Waals surface area contributed by atoms with Gasteiger partial charge in [0.1, 0.15) is 11.6 Å². The van der Waals surface area contributed by atoms with Crippen molar-refractivity contribution in [3.05, 3.63) is 76.3 Å². The monoisotopic (exact) mass is 574 g/mol. The highest BCUT2D eigenvalue weighted by molar-refractivity contribution is 7.80. The molecule has 3 aliphatic rings. The molecule has 2 aromatic carbocycles. The van der Waals surface area contributed by atoms with Crippen LogP contribution < -0.4 is 20.4 Å². The van der Waals surface area contributed by atoms with Gasteiger partial charge in [0.2, 0.25) is 5.95 Å². The molecule has 3 aromatic rings. The Balaban J connectivity index is 1.20. The number of thiocarbonyl (C=S) groups is 1. The minimum Gasteiger partial charge on any atom is -0.361 e. The maximum atomic E-state index is 6.18. The molecular weight excluding hydrogens is 536 g/mol. The fourth-order valence-corrected chi connectivity index (χ4v) is 6.84. The minimum atomic E-state index is 0.0654. The first-order chi connectivity index (χ1) is 19.5. The number of hydrogen-bond donors (Lipinski definition) is 2. The zero-order valence-electron chi connectivity index (χ0n) is 23.3. The molecule has 2 N–H and O–H groups in total. The molecule has 2 aliphatic heterocycles.